The van der Waals surface area contributed by atoms with Gasteiger partial charge in [-0.2, -0.15) is 11.3 Å². The summed E-state index contributed by atoms with van der Waals surface area (Å²) in [6.07, 6.45) is 0. The Balaban J connectivity index is 0.00000242. The van der Waals surface area contributed by atoms with Crippen LogP contribution in [0.2, 0.25) is 5.02 Å². The zero-order valence-corrected chi connectivity index (χ0v) is 16.0. The lowest BCUT2D eigenvalue weighted by Gasteiger charge is -2.11. The summed E-state index contributed by atoms with van der Waals surface area (Å²) in [5, 5.41) is 10.6. The molecule has 1 aromatic heterocycles. The van der Waals surface area contributed by atoms with Crippen molar-refractivity contribution in [3.63, 3.8) is 0 Å². The van der Waals surface area contributed by atoms with Gasteiger partial charge in [0.15, 0.2) is 5.96 Å². The number of hydrogen-bond donors (Lipinski definition) is 2. The number of benzene rings is 1. The monoisotopic (exact) mass is 453 g/mol. The van der Waals surface area contributed by atoms with Crippen molar-refractivity contribution >= 4 is 52.9 Å². The molecule has 0 bridgehead atoms. The standard InChI is InChI=1S/C15H17ClFN3S.HI/c1-2-18-15(20-9-12-5-6-21-10-12)19-8-11-3-4-14(17)13(16)7-11;/h3-7,10H,2,8-9H2,1H3,(H2,18,19,20);1H. The van der Waals surface area contributed by atoms with Crippen molar-refractivity contribution in [3.05, 3.63) is 57.0 Å². The Morgan fingerprint density at radius 3 is 2.73 bits per heavy atom. The summed E-state index contributed by atoms with van der Waals surface area (Å²) in [5.74, 6) is 0.322. The molecule has 0 unspecified atom stereocenters. The minimum Gasteiger partial charge on any atom is -0.357 e. The molecule has 0 spiro atoms. The van der Waals surface area contributed by atoms with Crippen LogP contribution in [0.25, 0.3) is 0 Å². The fourth-order valence-corrected chi connectivity index (χ4v) is 2.59. The van der Waals surface area contributed by atoms with Crippen LogP contribution >= 0.6 is 46.9 Å². The van der Waals surface area contributed by atoms with E-state index in [2.05, 4.69) is 27.1 Å². The summed E-state index contributed by atoms with van der Waals surface area (Å²) in [6.45, 7) is 3.95. The Hall–Kier alpha value is -0.860. The highest BCUT2D eigenvalue weighted by atomic mass is 127. The largest absolute Gasteiger partial charge is 0.357 e. The van der Waals surface area contributed by atoms with E-state index in [0.29, 0.717) is 13.1 Å². The second-order valence-electron chi connectivity index (χ2n) is 4.43. The molecule has 0 aliphatic rings. The van der Waals surface area contributed by atoms with Crippen LogP contribution in [0.3, 0.4) is 0 Å². The van der Waals surface area contributed by atoms with E-state index in [1.165, 1.54) is 11.6 Å². The van der Waals surface area contributed by atoms with Crippen LogP contribution in [0.5, 0.6) is 0 Å². The number of halogens is 3. The van der Waals surface area contributed by atoms with Gasteiger partial charge >= 0.3 is 0 Å². The van der Waals surface area contributed by atoms with Crippen LogP contribution in [0, 0.1) is 5.82 Å². The van der Waals surface area contributed by atoms with E-state index in [9.17, 15) is 4.39 Å². The molecule has 0 saturated heterocycles. The van der Waals surface area contributed by atoms with Crippen LogP contribution < -0.4 is 10.6 Å². The Morgan fingerprint density at radius 2 is 2.09 bits per heavy atom. The molecule has 7 heteroatoms. The fourth-order valence-electron chi connectivity index (χ4n) is 1.73. The van der Waals surface area contributed by atoms with E-state index in [4.69, 9.17) is 11.6 Å². The van der Waals surface area contributed by atoms with Crippen molar-refractivity contribution in [1.29, 1.82) is 0 Å². The van der Waals surface area contributed by atoms with Crippen molar-refractivity contribution in [2.75, 3.05) is 6.54 Å². The van der Waals surface area contributed by atoms with Crippen LogP contribution in [0.1, 0.15) is 18.1 Å². The number of guanidine groups is 1. The van der Waals surface area contributed by atoms with Gasteiger partial charge < -0.3 is 10.6 Å². The van der Waals surface area contributed by atoms with Crippen molar-refractivity contribution in [3.8, 4) is 0 Å². The van der Waals surface area contributed by atoms with Gasteiger partial charge in [-0.1, -0.05) is 17.7 Å². The summed E-state index contributed by atoms with van der Waals surface area (Å²) >= 11 is 7.43. The highest BCUT2D eigenvalue weighted by Gasteiger charge is 2.02. The lowest BCUT2D eigenvalue weighted by atomic mass is 10.2. The second-order valence-corrected chi connectivity index (χ2v) is 5.62. The summed E-state index contributed by atoms with van der Waals surface area (Å²) in [5.41, 5.74) is 2.09. The molecule has 0 aliphatic carbocycles. The zero-order chi connectivity index (χ0) is 15.1. The first kappa shape index (κ1) is 19.2. The third-order valence-electron chi connectivity index (χ3n) is 2.79. The molecule has 0 radical (unpaired) electrons. The van der Waals surface area contributed by atoms with Gasteiger partial charge in [0, 0.05) is 13.1 Å². The average Bonchev–Trinajstić information content (AvgIpc) is 2.99. The number of nitrogens with one attached hydrogen (secondary N) is 2. The maximum atomic E-state index is 13.1. The smallest absolute Gasteiger partial charge is 0.191 e. The predicted octanol–water partition coefficient (Wildman–Crippen LogP) is 4.41. The summed E-state index contributed by atoms with van der Waals surface area (Å²) in [7, 11) is 0. The van der Waals surface area contributed by atoms with E-state index in [0.717, 1.165) is 18.1 Å². The van der Waals surface area contributed by atoms with Gasteiger partial charge in [-0.05, 0) is 47.0 Å². The van der Waals surface area contributed by atoms with Gasteiger partial charge in [0.2, 0.25) is 0 Å². The lowest BCUT2D eigenvalue weighted by Crippen LogP contribution is -2.36. The molecule has 0 saturated carbocycles. The fraction of sp³-hybridized carbons (Fsp3) is 0.267. The van der Waals surface area contributed by atoms with Crippen molar-refractivity contribution < 1.29 is 4.39 Å². The number of aliphatic imine (C=N–C) groups is 1. The number of nitrogens with zero attached hydrogens (tertiary/aromatic N) is 1. The molecule has 0 amide bonds. The SMILES string of the molecule is CCNC(=NCc1ccsc1)NCc1ccc(F)c(Cl)c1.I. The topological polar surface area (TPSA) is 36.4 Å². The maximum absolute atomic E-state index is 13.1. The zero-order valence-electron chi connectivity index (χ0n) is 12.1. The Morgan fingerprint density at radius 1 is 1.27 bits per heavy atom. The predicted molar refractivity (Wildman–Crippen MR) is 103 cm³/mol. The van der Waals surface area contributed by atoms with Gasteiger partial charge in [0.25, 0.3) is 0 Å². The average molecular weight is 454 g/mol. The summed E-state index contributed by atoms with van der Waals surface area (Å²) in [6, 6.07) is 6.75. The number of rotatable bonds is 5. The molecule has 3 nitrogen and oxygen atoms in total. The van der Waals surface area contributed by atoms with Crippen LogP contribution in [0.15, 0.2) is 40.0 Å². The third-order valence-corrected chi connectivity index (χ3v) is 3.81. The Labute approximate surface area is 156 Å². The lowest BCUT2D eigenvalue weighted by molar-refractivity contribution is 0.627. The Bertz CT molecular complexity index is 605. The minimum absolute atomic E-state index is 0. The first-order valence-corrected chi connectivity index (χ1v) is 7.98. The number of hydrogen-bond acceptors (Lipinski definition) is 2. The van der Waals surface area contributed by atoms with E-state index in [1.807, 2.05) is 12.3 Å². The molecule has 1 heterocycles. The molecular formula is C15H18ClFIN3S. The van der Waals surface area contributed by atoms with Crippen molar-refractivity contribution in [2.24, 2.45) is 4.99 Å². The van der Waals surface area contributed by atoms with E-state index in [-0.39, 0.29) is 29.0 Å². The quantitative estimate of drug-likeness (QED) is 0.400. The van der Waals surface area contributed by atoms with Crippen LogP contribution in [0.4, 0.5) is 4.39 Å². The van der Waals surface area contributed by atoms with Gasteiger partial charge in [0.1, 0.15) is 5.82 Å². The first-order valence-electron chi connectivity index (χ1n) is 6.66. The molecule has 0 atom stereocenters. The highest BCUT2D eigenvalue weighted by Crippen LogP contribution is 2.15. The number of thiophene rings is 1. The highest BCUT2D eigenvalue weighted by molar-refractivity contribution is 14.0. The molecule has 2 N–H and O–H groups in total. The van der Waals surface area contributed by atoms with Crippen LogP contribution in [-0.4, -0.2) is 12.5 Å². The van der Waals surface area contributed by atoms with Gasteiger partial charge in [-0.25, -0.2) is 9.38 Å². The normalized spacial score (nSPS) is 11.0. The molecule has 2 rings (SSSR count). The second kappa shape index (κ2) is 10.0. The van der Waals surface area contributed by atoms with Crippen molar-refractivity contribution in [1.82, 2.24) is 10.6 Å². The molecule has 0 fully saturated rings. The van der Waals surface area contributed by atoms with Crippen molar-refractivity contribution in [2.45, 2.75) is 20.0 Å². The Kier molecular flexibility index (Phi) is 8.74. The summed E-state index contributed by atoms with van der Waals surface area (Å²) < 4.78 is 13.1. The van der Waals surface area contributed by atoms with Crippen LogP contribution in [-0.2, 0) is 13.1 Å². The van der Waals surface area contributed by atoms with E-state index < -0.39 is 5.82 Å². The van der Waals surface area contributed by atoms with Gasteiger partial charge in [-0.15, -0.1) is 24.0 Å². The van der Waals surface area contributed by atoms with E-state index >= 15 is 0 Å². The minimum atomic E-state index is -0.404. The third kappa shape index (κ3) is 6.10. The molecular weight excluding hydrogens is 436 g/mol. The van der Waals surface area contributed by atoms with Gasteiger partial charge in [0.05, 0.1) is 11.6 Å². The summed E-state index contributed by atoms with van der Waals surface area (Å²) in [4.78, 5) is 4.51. The molecule has 120 valence electrons. The maximum Gasteiger partial charge on any atom is 0.191 e. The molecule has 22 heavy (non-hydrogen) atoms. The molecule has 1 aromatic carbocycles. The first-order chi connectivity index (χ1) is 10.2. The van der Waals surface area contributed by atoms with E-state index in [1.54, 1.807) is 23.5 Å². The molecule has 0 aliphatic heterocycles. The van der Waals surface area contributed by atoms with Gasteiger partial charge in [-0.3, -0.25) is 0 Å². The molecule has 2 aromatic rings.